The maximum absolute atomic E-state index is 6.56. The van der Waals surface area contributed by atoms with Crippen LogP contribution >= 0.6 is 0 Å². The van der Waals surface area contributed by atoms with Gasteiger partial charge in [0, 0.05) is 0 Å². The molecule has 0 heterocycles. The highest BCUT2D eigenvalue weighted by atomic mass is 28.4. The second-order valence-electron chi connectivity index (χ2n) is 16.1. The lowest BCUT2D eigenvalue weighted by Gasteiger charge is -2.36. The predicted octanol–water partition coefficient (Wildman–Crippen LogP) is 12.7. The number of hydrogen-bond donors (Lipinski definition) is 0. The molecule has 0 fully saturated rings. The van der Waals surface area contributed by atoms with E-state index < -0.39 is 16.6 Å². The molecular weight excluding hydrogens is 605 g/mol. The third kappa shape index (κ3) is 7.89. The van der Waals surface area contributed by atoms with Gasteiger partial charge in [0.15, 0.2) is 16.6 Å². The van der Waals surface area contributed by atoms with Gasteiger partial charge in [0.2, 0.25) is 0 Å². The van der Waals surface area contributed by atoms with Crippen LogP contribution in [-0.4, -0.2) is 16.6 Å². The molecule has 0 unspecified atom stereocenters. The summed E-state index contributed by atoms with van der Waals surface area (Å²) in [7, 11) is -3.65. The molecule has 0 saturated heterocycles. The molecule has 0 bridgehead atoms. The van der Waals surface area contributed by atoms with Gasteiger partial charge in [0.1, 0.15) is 0 Å². The lowest BCUT2D eigenvalue weighted by Crippen LogP contribution is -2.40. The Balaban J connectivity index is 1.52. The molecule has 0 aliphatic heterocycles. The summed E-state index contributed by atoms with van der Waals surface area (Å²) in [4.78, 5) is 0. The summed E-state index contributed by atoms with van der Waals surface area (Å²) in [6.45, 7) is 24.4. The summed E-state index contributed by atoms with van der Waals surface area (Å²) in [6.07, 6.45) is 0.869. The van der Waals surface area contributed by atoms with Crippen LogP contribution in [0.1, 0.15) is 81.3 Å². The van der Waals surface area contributed by atoms with Gasteiger partial charge in [-0.15, -0.1) is 0 Å². The minimum atomic E-state index is -1.82. The van der Waals surface area contributed by atoms with E-state index in [1.165, 1.54) is 55.7 Å². The zero-order chi connectivity index (χ0) is 34.0. The lowest BCUT2D eigenvalue weighted by molar-refractivity contribution is 0.276. The van der Waals surface area contributed by atoms with Gasteiger partial charge in [-0.1, -0.05) is 151 Å². The standard InChI is InChI=1S/C43H54O2Si2/c1-42(2,3)46(7,8)44-30-32-21-25-34(26-22-32)38-29-39(35-27-23-33(24-28-35)31-45-47(9,10)43(4,5)6)41(37-19-15-12-16-20-37)40(38)36-17-13-11-14-18-36/h11-28H,29-31H2,1-10H3. The summed E-state index contributed by atoms with van der Waals surface area (Å²) in [6, 6.07) is 40.1. The van der Waals surface area contributed by atoms with E-state index in [-0.39, 0.29) is 10.1 Å². The maximum atomic E-state index is 6.56. The first-order chi connectivity index (χ1) is 22.1. The van der Waals surface area contributed by atoms with Crippen molar-refractivity contribution in [2.45, 2.75) is 97.4 Å². The van der Waals surface area contributed by atoms with E-state index in [1.54, 1.807) is 0 Å². The Labute approximate surface area is 286 Å². The Bertz CT molecular complexity index is 1590. The molecule has 4 heteroatoms. The van der Waals surface area contributed by atoms with Gasteiger partial charge in [-0.05, 0) is 98.4 Å². The topological polar surface area (TPSA) is 18.5 Å². The fraction of sp³-hybridized carbons (Fsp3) is 0.349. The Hall–Kier alpha value is -3.29. The number of benzene rings is 4. The SMILES string of the molecule is CC(C)(C)[Si](C)(C)OCc1ccc(C2=C(c3ccccc3)C(c3ccccc3)=C(c3ccc(CO[Si](C)(C)C(C)(C)C)cc3)C2)cc1. The molecule has 0 saturated carbocycles. The summed E-state index contributed by atoms with van der Waals surface area (Å²) >= 11 is 0. The zero-order valence-corrected chi connectivity index (χ0v) is 32.3. The number of hydrogen-bond acceptors (Lipinski definition) is 2. The second-order valence-corrected chi connectivity index (χ2v) is 25.7. The number of allylic oxidation sites excluding steroid dienone is 4. The van der Waals surface area contributed by atoms with Crippen LogP contribution in [0.15, 0.2) is 109 Å². The monoisotopic (exact) mass is 658 g/mol. The Morgan fingerprint density at radius 1 is 0.447 bits per heavy atom. The summed E-state index contributed by atoms with van der Waals surface area (Å²) in [5.41, 5.74) is 12.9. The molecule has 1 aliphatic rings. The van der Waals surface area contributed by atoms with Crippen LogP contribution in [0, 0.1) is 0 Å². The van der Waals surface area contributed by atoms with E-state index in [1.807, 2.05) is 0 Å². The minimum Gasteiger partial charge on any atom is -0.413 e. The number of rotatable bonds is 10. The van der Waals surface area contributed by atoms with Crippen molar-refractivity contribution in [3.63, 3.8) is 0 Å². The molecule has 2 nitrogen and oxygen atoms in total. The van der Waals surface area contributed by atoms with E-state index >= 15 is 0 Å². The highest BCUT2D eigenvalue weighted by Crippen LogP contribution is 2.51. The largest absolute Gasteiger partial charge is 0.413 e. The molecule has 0 N–H and O–H groups in total. The fourth-order valence-corrected chi connectivity index (χ4v) is 7.48. The second kappa shape index (κ2) is 13.7. The first-order valence-corrected chi connectivity index (χ1v) is 22.9. The van der Waals surface area contributed by atoms with Crippen LogP contribution in [-0.2, 0) is 22.1 Å². The summed E-state index contributed by atoms with van der Waals surface area (Å²) in [5.74, 6) is 0. The van der Waals surface area contributed by atoms with Crippen molar-refractivity contribution in [1.82, 2.24) is 0 Å². The molecule has 0 radical (unpaired) electrons. The van der Waals surface area contributed by atoms with Crippen molar-refractivity contribution in [2.75, 3.05) is 0 Å². The van der Waals surface area contributed by atoms with Gasteiger partial charge < -0.3 is 8.85 Å². The zero-order valence-electron chi connectivity index (χ0n) is 30.3. The molecule has 0 aromatic heterocycles. The van der Waals surface area contributed by atoms with Gasteiger partial charge >= 0.3 is 0 Å². The van der Waals surface area contributed by atoms with Gasteiger partial charge in [0.25, 0.3) is 0 Å². The van der Waals surface area contributed by atoms with Crippen LogP contribution in [0.25, 0.3) is 22.3 Å². The van der Waals surface area contributed by atoms with E-state index in [0.29, 0.717) is 13.2 Å². The molecule has 0 amide bonds. The van der Waals surface area contributed by atoms with Crippen molar-refractivity contribution in [3.05, 3.63) is 143 Å². The molecule has 0 spiro atoms. The Kier molecular flexibility index (Phi) is 10.2. The average molecular weight is 659 g/mol. The van der Waals surface area contributed by atoms with Crippen LogP contribution in [0.5, 0.6) is 0 Å². The third-order valence-electron chi connectivity index (χ3n) is 10.7. The molecule has 4 aromatic carbocycles. The fourth-order valence-electron chi connectivity index (χ4n) is 5.56. The van der Waals surface area contributed by atoms with E-state index in [0.717, 1.165) is 6.42 Å². The summed E-state index contributed by atoms with van der Waals surface area (Å²) in [5, 5.41) is 0.385. The van der Waals surface area contributed by atoms with Crippen molar-refractivity contribution >= 4 is 38.9 Å². The Morgan fingerprint density at radius 2 is 0.766 bits per heavy atom. The van der Waals surface area contributed by atoms with Crippen molar-refractivity contribution < 1.29 is 8.85 Å². The Morgan fingerprint density at radius 3 is 1.06 bits per heavy atom. The van der Waals surface area contributed by atoms with Gasteiger partial charge in [-0.3, -0.25) is 0 Å². The normalized spacial score (nSPS) is 14.7. The van der Waals surface area contributed by atoms with E-state index in [4.69, 9.17) is 8.85 Å². The predicted molar refractivity (Wildman–Crippen MR) is 208 cm³/mol. The van der Waals surface area contributed by atoms with E-state index in [9.17, 15) is 0 Å². The average Bonchev–Trinajstić information content (AvgIpc) is 3.44. The molecule has 246 valence electrons. The van der Waals surface area contributed by atoms with Crippen molar-refractivity contribution in [3.8, 4) is 0 Å². The lowest BCUT2D eigenvalue weighted by atomic mass is 9.89. The van der Waals surface area contributed by atoms with Crippen LogP contribution in [0.2, 0.25) is 36.3 Å². The molecule has 47 heavy (non-hydrogen) atoms. The van der Waals surface area contributed by atoms with E-state index in [2.05, 4.69) is 177 Å². The molecule has 5 rings (SSSR count). The quantitative estimate of drug-likeness (QED) is 0.158. The molecule has 1 aliphatic carbocycles. The van der Waals surface area contributed by atoms with Crippen LogP contribution < -0.4 is 0 Å². The van der Waals surface area contributed by atoms with Crippen molar-refractivity contribution in [2.24, 2.45) is 0 Å². The first kappa shape index (κ1) is 35.0. The third-order valence-corrected chi connectivity index (χ3v) is 19.7. The maximum Gasteiger partial charge on any atom is 0.192 e. The van der Waals surface area contributed by atoms with Gasteiger partial charge in [-0.2, -0.15) is 0 Å². The highest BCUT2D eigenvalue weighted by Gasteiger charge is 2.38. The highest BCUT2D eigenvalue weighted by molar-refractivity contribution is 6.74. The first-order valence-electron chi connectivity index (χ1n) is 17.1. The smallest absolute Gasteiger partial charge is 0.192 e. The minimum absolute atomic E-state index is 0.193. The van der Waals surface area contributed by atoms with Crippen LogP contribution in [0.4, 0.5) is 0 Å². The van der Waals surface area contributed by atoms with Gasteiger partial charge in [-0.25, -0.2) is 0 Å². The molecule has 4 aromatic rings. The summed E-state index contributed by atoms with van der Waals surface area (Å²) < 4.78 is 13.1. The molecular formula is C43H54O2Si2. The van der Waals surface area contributed by atoms with Crippen LogP contribution in [0.3, 0.4) is 0 Å². The molecule has 0 atom stereocenters. The van der Waals surface area contributed by atoms with Crippen molar-refractivity contribution in [1.29, 1.82) is 0 Å². The van der Waals surface area contributed by atoms with Gasteiger partial charge in [0.05, 0.1) is 13.2 Å².